The minimum atomic E-state index is 0.637. The largest absolute Gasteiger partial charge is 0.259 e. The zero-order chi connectivity index (χ0) is 17.9. The van der Waals surface area contributed by atoms with E-state index < -0.39 is 0 Å². The minimum absolute atomic E-state index is 0.637. The number of pyridine rings is 1. The van der Waals surface area contributed by atoms with Crippen LogP contribution in [-0.4, -0.2) is 21.0 Å². The molecule has 0 aliphatic rings. The summed E-state index contributed by atoms with van der Waals surface area (Å²) in [6.07, 6.45) is 3.68. The first kappa shape index (κ1) is 16.2. The van der Waals surface area contributed by atoms with Gasteiger partial charge in [0.1, 0.15) is 5.69 Å². The minimum Gasteiger partial charge on any atom is -0.259 e. The first-order valence-corrected chi connectivity index (χ1v) is 8.68. The van der Waals surface area contributed by atoms with E-state index in [1.807, 2.05) is 47.4 Å². The lowest BCUT2D eigenvalue weighted by Gasteiger charge is -2.03. The Morgan fingerprint density at radius 1 is 0.923 bits per heavy atom. The molecule has 0 N–H and O–H groups in total. The van der Waals surface area contributed by atoms with Crippen molar-refractivity contribution in [2.24, 2.45) is 4.99 Å². The number of para-hydroxylation sites is 2. The molecule has 2 aromatic heterocycles. The summed E-state index contributed by atoms with van der Waals surface area (Å²) in [5.41, 5.74) is 6.28. The Morgan fingerprint density at radius 2 is 1.69 bits per heavy atom. The molecule has 2 aromatic carbocycles. The van der Waals surface area contributed by atoms with Gasteiger partial charge in [-0.3, -0.25) is 14.7 Å². The molecule has 0 bridgehead atoms. The molecule has 26 heavy (non-hydrogen) atoms. The van der Waals surface area contributed by atoms with Crippen LogP contribution in [0.15, 0.2) is 71.9 Å². The van der Waals surface area contributed by atoms with Crippen molar-refractivity contribution in [2.45, 2.75) is 20.4 Å². The molecule has 2 heterocycles. The lowest BCUT2D eigenvalue weighted by atomic mass is 10.1. The predicted octanol–water partition coefficient (Wildman–Crippen LogP) is 4.85. The molecule has 0 saturated carbocycles. The van der Waals surface area contributed by atoms with Crippen LogP contribution in [0.25, 0.3) is 10.9 Å². The molecule has 0 unspecified atom stereocenters. The zero-order valence-corrected chi connectivity index (χ0v) is 14.9. The highest BCUT2D eigenvalue weighted by atomic mass is 15.3. The summed E-state index contributed by atoms with van der Waals surface area (Å²) in [5, 5.41) is 5.88. The summed E-state index contributed by atoms with van der Waals surface area (Å²) in [6, 6.07) is 20.4. The van der Waals surface area contributed by atoms with E-state index in [-0.39, 0.29) is 0 Å². The molecule has 128 valence electrons. The molecule has 0 atom stereocenters. The average molecular weight is 340 g/mol. The second-order valence-corrected chi connectivity index (χ2v) is 6.38. The van der Waals surface area contributed by atoms with Crippen LogP contribution in [0, 0.1) is 13.8 Å². The van der Waals surface area contributed by atoms with Crippen molar-refractivity contribution < 1.29 is 0 Å². The first-order valence-electron chi connectivity index (χ1n) is 8.68. The molecule has 4 aromatic rings. The van der Waals surface area contributed by atoms with Crippen molar-refractivity contribution in [3.8, 4) is 0 Å². The van der Waals surface area contributed by atoms with Crippen molar-refractivity contribution in [2.75, 3.05) is 0 Å². The summed E-state index contributed by atoms with van der Waals surface area (Å²) < 4.78 is 1.99. The maximum atomic E-state index is 4.79. The van der Waals surface area contributed by atoms with Crippen molar-refractivity contribution in [1.82, 2.24) is 14.8 Å². The Labute approximate surface area is 152 Å². The highest BCUT2D eigenvalue weighted by Crippen LogP contribution is 2.24. The van der Waals surface area contributed by atoms with E-state index in [0.29, 0.717) is 6.54 Å². The monoisotopic (exact) mass is 340 g/mol. The molecule has 4 nitrogen and oxygen atoms in total. The molecular formula is C22H20N4. The Hall–Kier alpha value is -3.27. The van der Waals surface area contributed by atoms with Crippen molar-refractivity contribution in [3.63, 3.8) is 0 Å². The van der Waals surface area contributed by atoms with Gasteiger partial charge in [-0.1, -0.05) is 42.5 Å². The molecule has 4 rings (SSSR count). The summed E-state index contributed by atoms with van der Waals surface area (Å²) >= 11 is 0. The number of rotatable bonds is 4. The molecular weight excluding hydrogens is 320 g/mol. The number of aliphatic imine (C=N–C) groups is 1. The van der Waals surface area contributed by atoms with E-state index >= 15 is 0 Å². The second-order valence-electron chi connectivity index (χ2n) is 6.38. The second kappa shape index (κ2) is 6.92. The number of fused-ring (bicyclic) bond motifs is 1. The van der Waals surface area contributed by atoms with Crippen LogP contribution in [-0.2, 0) is 6.54 Å². The Balaban J connectivity index is 1.75. The topological polar surface area (TPSA) is 43.1 Å². The third-order valence-corrected chi connectivity index (χ3v) is 4.48. The van der Waals surface area contributed by atoms with Gasteiger partial charge in [-0.2, -0.15) is 5.10 Å². The smallest absolute Gasteiger partial charge is 0.111 e. The van der Waals surface area contributed by atoms with E-state index in [9.17, 15) is 0 Å². The summed E-state index contributed by atoms with van der Waals surface area (Å²) in [7, 11) is 0. The van der Waals surface area contributed by atoms with Gasteiger partial charge in [0.2, 0.25) is 0 Å². The van der Waals surface area contributed by atoms with E-state index in [1.165, 1.54) is 11.1 Å². The summed E-state index contributed by atoms with van der Waals surface area (Å²) in [5.74, 6) is 0. The predicted molar refractivity (Wildman–Crippen MR) is 106 cm³/mol. The third-order valence-electron chi connectivity index (χ3n) is 4.48. The molecule has 0 aliphatic heterocycles. The fraction of sp³-hybridized carbons (Fsp3) is 0.136. The number of benzene rings is 2. The van der Waals surface area contributed by atoms with E-state index in [1.54, 1.807) is 0 Å². The maximum absolute atomic E-state index is 4.79. The van der Waals surface area contributed by atoms with Crippen LogP contribution in [0.1, 0.15) is 22.5 Å². The van der Waals surface area contributed by atoms with Gasteiger partial charge in [0.05, 0.1) is 29.7 Å². The lowest BCUT2D eigenvalue weighted by Crippen LogP contribution is -2.03. The third kappa shape index (κ3) is 3.14. The zero-order valence-electron chi connectivity index (χ0n) is 14.9. The molecule has 0 aliphatic carbocycles. The molecule has 0 fully saturated rings. The molecule has 0 saturated heterocycles. The van der Waals surface area contributed by atoms with Crippen molar-refractivity contribution >= 4 is 22.8 Å². The first-order chi connectivity index (χ1) is 12.7. The quantitative estimate of drug-likeness (QED) is 0.499. The highest BCUT2D eigenvalue weighted by molar-refractivity contribution is 5.98. The average Bonchev–Trinajstić information content (AvgIpc) is 3.00. The molecule has 0 radical (unpaired) electrons. The van der Waals surface area contributed by atoms with E-state index in [2.05, 4.69) is 49.2 Å². The summed E-state index contributed by atoms with van der Waals surface area (Å²) in [6.45, 7) is 4.80. The van der Waals surface area contributed by atoms with Crippen LogP contribution >= 0.6 is 0 Å². The van der Waals surface area contributed by atoms with E-state index in [4.69, 9.17) is 10.1 Å². The Bertz CT molecular complexity index is 1060. The van der Waals surface area contributed by atoms with Gasteiger partial charge < -0.3 is 0 Å². The lowest BCUT2D eigenvalue weighted by molar-refractivity contribution is 0.695. The SMILES string of the molecule is Cc1cccc(C)c1N=Cc1nn(Cc2ccccn2)c2ccccc12. The number of aryl methyl sites for hydroxylation is 2. The number of nitrogens with zero attached hydrogens (tertiary/aromatic N) is 4. The van der Waals surface area contributed by atoms with Gasteiger partial charge in [0.15, 0.2) is 0 Å². The van der Waals surface area contributed by atoms with Crippen LogP contribution < -0.4 is 0 Å². The maximum Gasteiger partial charge on any atom is 0.111 e. The van der Waals surface area contributed by atoms with Crippen LogP contribution in [0.2, 0.25) is 0 Å². The standard InChI is InChI=1S/C22H20N4/c1-16-8-7-9-17(2)22(16)24-14-20-19-11-3-4-12-21(19)26(25-20)15-18-10-5-6-13-23-18/h3-14H,15H2,1-2H3. The molecule has 4 heteroatoms. The number of aromatic nitrogens is 3. The normalized spacial score (nSPS) is 11.5. The van der Waals surface area contributed by atoms with Gasteiger partial charge in [-0.25, -0.2) is 0 Å². The Kier molecular flexibility index (Phi) is 4.32. The van der Waals surface area contributed by atoms with Crippen molar-refractivity contribution in [1.29, 1.82) is 0 Å². The molecule has 0 spiro atoms. The van der Waals surface area contributed by atoms with E-state index in [0.717, 1.165) is 28.0 Å². The van der Waals surface area contributed by atoms with Gasteiger partial charge in [0.25, 0.3) is 0 Å². The number of hydrogen-bond donors (Lipinski definition) is 0. The van der Waals surface area contributed by atoms with Crippen LogP contribution in [0.3, 0.4) is 0 Å². The Morgan fingerprint density at radius 3 is 2.46 bits per heavy atom. The van der Waals surface area contributed by atoms with Gasteiger partial charge >= 0.3 is 0 Å². The van der Waals surface area contributed by atoms with Crippen LogP contribution in [0.4, 0.5) is 5.69 Å². The molecule has 0 amide bonds. The van der Waals surface area contributed by atoms with Crippen LogP contribution in [0.5, 0.6) is 0 Å². The number of hydrogen-bond acceptors (Lipinski definition) is 3. The van der Waals surface area contributed by atoms with Gasteiger partial charge in [0, 0.05) is 11.6 Å². The van der Waals surface area contributed by atoms with Crippen molar-refractivity contribution in [3.05, 3.63) is 89.4 Å². The fourth-order valence-corrected chi connectivity index (χ4v) is 3.15. The highest BCUT2D eigenvalue weighted by Gasteiger charge is 2.09. The van der Waals surface area contributed by atoms with Gasteiger partial charge in [-0.15, -0.1) is 0 Å². The summed E-state index contributed by atoms with van der Waals surface area (Å²) in [4.78, 5) is 9.14. The fourth-order valence-electron chi connectivity index (χ4n) is 3.15. The van der Waals surface area contributed by atoms with Gasteiger partial charge in [-0.05, 0) is 43.2 Å².